The summed E-state index contributed by atoms with van der Waals surface area (Å²) in [6, 6.07) is 16.4. The standard InChI is InChI=1S/C24H24N6OS2/c1-3-29-15-25-22(27-29)18-10-8-17(9-11-18)13-31-28-23(32)26-24-30-19(14-33-24)12-16(2)20-6-4-5-7-21(20)30/h4-12,15-16H,3,13-14H2,1-2H3,(H,28,32). The number of nitrogens with one attached hydrogen (secondary N) is 1. The Morgan fingerprint density at radius 1 is 1.24 bits per heavy atom. The summed E-state index contributed by atoms with van der Waals surface area (Å²) in [6.07, 6.45) is 4.04. The second-order valence-corrected chi connectivity index (χ2v) is 9.17. The SMILES string of the molecule is CCn1cnc(-c2ccc(CONC(=S)N=C3SCC4=CC(C)c5ccccc5N43)cc2)n1. The van der Waals surface area contributed by atoms with Gasteiger partial charge >= 0.3 is 0 Å². The van der Waals surface area contributed by atoms with Gasteiger partial charge in [-0.15, -0.1) is 0 Å². The van der Waals surface area contributed by atoms with E-state index in [1.54, 1.807) is 18.1 Å². The number of anilines is 1. The summed E-state index contributed by atoms with van der Waals surface area (Å²) in [5.41, 5.74) is 8.51. The van der Waals surface area contributed by atoms with E-state index < -0.39 is 0 Å². The van der Waals surface area contributed by atoms with Crippen molar-refractivity contribution in [1.29, 1.82) is 0 Å². The first-order valence-corrected chi connectivity index (χ1v) is 12.2. The first-order valence-electron chi connectivity index (χ1n) is 10.8. The van der Waals surface area contributed by atoms with Crippen LogP contribution in [-0.4, -0.2) is 30.8 Å². The third kappa shape index (κ3) is 4.57. The number of nitrogens with zero attached hydrogens (tertiary/aromatic N) is 5. The Morgan fingerprint density at radius 3 is 2.85 bits per heavy atom. The van der Waals surface area contributed by atoms with Gasteiger partial charge in [0.05, 0.1) is 12.3 Å². The van der Waals surface area contributed by atoms with Crippen molar-refractivity contribution in [2.45, 2.75) is 32.9 Å². The molecule has 33 heavy (non-hydrogen) atoms. The number of allylic oxidation sites excluding steroid dienone is 1. The number of thioether (sulfide) groups is 1. The summed E-state index contributed by atoms with van der Waals surface area (Å²) < 4.78 is 1.81. The van der Waals surface area contributed by atoms with Crippen LogP contribution in [0.15, 0.2) is 71.6 Å². The maximum Gasteiger partial charge on any atom is 0.219 e. The maximum absolute atomic E-state index is 5.61. The number of aliphatic imine (C=N–C) groups is 1. The monoisotopic (exact) mass is 476 g/mol. The van der Waals surface area contributed by atoms with E-state index in [9.17, 15) is 0 Å². The highest BCUT2D eigenvalue weighted by molar-refractivity contribution is 8.14. The minimum Gasteiger partial charge on any atom is -0.292 e. The highest BCUT2D eigenvalue weighted by Gasteiger charge is 2.32. The lowest BCUT2D eigenvalue weighted by atomic mass is 9.94. The van der Waals surface area contributed by atoms with Gasteiger partial charge in [0.25, 0.3) is 0 Å². The minimum absolute atomic E-state index is 0.306. The molecule has 1 saturated heterocycles. The number of amidine groups is 1. The van der Waals surface area contributed by atoms with Gasteiger partial charge in [-0.25, -0.2) is 10.5 Å². The molecular formula is C24H24N6OS2. The molecular weight excluding hydrogens is 452 g/mol. The fourth-order valence-electron chi connectivity index (χ4n) is 3.93. The molecule has 1 atom stereocenters. The second kappa shape index (κ2) is 9.46. The number of aromatic nitrogens is 3. The van der Waals surface area contributed by atoms with Crippen molar-refractivity contribution in [3.63, 3.8) is 0 Å². The van der Waals surface area contributed by atoms with Gasteiger partial charge in [0.1, 0.15) is 6.33 Å². The van der Waals surface area contributed by atoms with Crippen molar-refractivity contribution in [2.75, 3.05) is 10.7 Å². The van der Waals surface area contributed by atoms with E-state index in [0.29, 0.717) is 17.6 Å². The predicted molar refractivity (Wildman–Crippen MR) is 137 cm³/mol. The van der Waals surface area contributed by atoms with Crippen molar-refractivity contribution in [2.24, 2.45) is 4.99 Å². The number of hydroxylamine groups is 1. The molecule has 9 heteroatoms. The molecule has 1 unspecified atom stereocenters. The fourth-order valence-corrected chi connectivity index (χ4v) is 5.13. The average molecular weight is 477 g/mol. The van der Waals surface area contributed by atoms with Gasteiger partial charge in [0.15, 0.2) is 11.0 Å². The minimum atomic E-state index is 0.306. The zero-order valence-electron chi connectivity index (χ0n) is 18.4. The normalized spacial score (nSPS) is 18.1. The van der Waals surface area contributed by atoms with E-state index in [4.69, 9.17) is 17.1 Å². The van der Waals surface area contributed by atoms with Crippen LogP contribution in [0.4, 0.5) is 5.69 Å². The molecule has 0 amide bonds. The molecule has 0 spiro atoms. The topological polar surface area (TPSA) is 67.6 Å². The van der Waals surface area contributed by atoms with Crippen LogP contribution >= 0.6 is 24.0 Å². The van der Waals surface area contributed by atoms with Crippen LogP contribution in [0.25, 0.3) is 11.4 Å². The average Bonchev–Trinajstić information content (AvgIpc) is 3.47. The maximum atomic E-state index is 5.61. The largest absolute Gasteiger partial charge is 0.292 e. The van der Waals surface area contributed by atoms with Crippen LogP contribution < -0.4 is 10.4 Å². The first-order chi connectivity index (χ1) is 16.1. The van der Waals surface area contributed by atoms with Crippen molar-refractivity contribution in [1.82, 2.24) is 20.2 Å². The van der Waals surface area contributed by atoms with E-state index >= 15 is 0 Å². The summed E-state index contributed by atoms with van der Waals surface area (Å²) in [7, 11) is 0. The third-order valence-corrected chi connectivity index (χ3v) is 6.75. The Morgan fingerprint density at radius 2 is 2.06 bits per heavy atom. The number of fused-ring (bicyclic) bond motifs is 3. The summed E-state index contributed by atoms with van der Waals surface area (Å²) in [6.45, 7) is 5.43. The quantitative estimate of drug-likeness (QED) is 0.416. The van der Waals surface area contributed by atoms with E-state index in [2.05, 4.69) is 62.7 Å². The van der Waals surface area contributed by atoms with Crippen molar-refractivity contribution >= 4 is 39.9 Å². The molecule has 2 aromatic carbocycles. The lowest BCUT2D eigenvalue weighted by Crippen LogP contribution is -2.29. The zero-order chi connectivity index (χ0) is 22.8. The second-order valence-electron chi connectivity index (χ2n) is 7.84. The van der Waals surface area contributed by atoms with Gasteiger partial charge in [-0.05, 0) is 36.3 Å². The number of thiocarbonyl (C=S) groups is 1. The highest BCUT2D eigenvalue weighted by Crippen LogP contribution is 2.42. The van der Waals surface area contributed by atoms with E-state index in [-0.39, 0.29) is 0 Å². The number of hydrogen-bond acceptors (Lipinski definition) is 5. The fraction of sp³-hybridized carbons (Fsp3) is 0.250. The Kier molecular flexibility index (Phi) is 6.26. The lowest BCUT2D eigenvalue weighted by Gasteiger charge is -2.29. The molecule has 0 bridgehead atoms. The van der Waals surface area contributed by atoms with Gasteiger partial charge in [-0.1, -0.05) is 67.2 Å². The molecule has 0 aliphatic carbocycles. The van der Waals surface area contributed by atoms with E-state index in [1.165, 1.54) is 16.9 Å². The number of rotatable bonds is 5. The highest BCUT2D eigenvalue weighted by atomic mass is 32.2. The Hall–Kier alpha value is -3.01. The van der Waals surface area contributed by atoms with Crippen LogP contribution in [0.2, 0.25) is 0 Å². The number of benzene rings is 2. The molecule has 1 aromatic heterocycles. The first kappa shape index (κ1) is 21.8. The van der Waals surface area contributed by atoms with Gasteiger partial charge in [-0.2, -0.15) is 10.1 Å². The van der Waals surface area contributed by atoms with Crippen LogP contribution in [0.1, 0.15) is 30.9 Å². The molecule has 2 aliphatic heterocycles. The van der Waals surface area contributed by atoms with Crippen molar-refractivity contribution in [3.05, 3.63) is 77.8 Å². The Bertz CT molecular complexity index is 1230. The Labute approximate surface area is 202 Å². The molecule has 0 radical (unpaired) electrons. The summed E-state index contributed by atoms with van der Waals surface area (Å²) in [5, 5.41) is 5.60. The van der Waals surface area contributed by atoms with Gasteiger partial charge in [0, 0.05) is 29.5 Å². The van der Waals surface area contributed by atoms with Gasteiger partial charge < -0.3 is 0 Å². The molecule has 2 aliphatic rings. The predicted octanol–water partition coefficient (Wildman–Crippen LogP) is 4.88. The lowest BCUT2D eigenvalue weighted by molar-refractivity contribution is 0.0722. The van der Waals surface area contributed by atoms with Crippen LogP contribution in [0.3, 0.4) is 0 Å². The van der Waals surface area contributed by atoms with Crippen molar-refractivity contribution in [3.8, 4) is 11.4 Å². The molecule has 5 rings (SSSR count). The van der Waals surface area contributed by atoms with Gasteiger partial charge in [-0.3, -0.25) is 14.4 Å². The summed E-state index contributed by atoms with van der Waals surface area (Å²) >= 11 is 7.10. The molecule has 1 N–H and O–H groups in total. The molecule has 3 aromatic rings. The smallest absolute Gasteiger partial charge is 0.219 e. The molecule has 0 saturated carbocycles. The zero-order valence-corrected chi connectivity index (χ0v) is 20.1. The molecule has 3 heterocycles. The van der Waals surface area contributed by atoms with Crippen LogP contribution in [-0.2, 0) is 18.0 Å². The van der Waals surface area contributed by atoms with E-state index in [0.717, 1.165) is 34.4 Å². The van der Waals surface area contributed by atoms with Gasteiger partial charge in [0.2, 0.25) is 5.11 Å². The molecule has 168 valence electrons. The molecule has 1 fully saturated rings. The Balaban J connectivity index is 1.19. The van der Waals surface area contributed by atoms with Crippen molar-refractivity contribution < 1.29 is 4.84 Å². The summed E-state index contributed by atoms with van der Waals surface area (Å²) in [5.74, 6) is 2.00. The van der Waals surface area contributed by atoms with E-state index in [1.807, 2.05) is 35.9 Å². The number of para-hydroxylation sites is 1. The number of aryl methyl sites for hydroxylation is 1. The van der Waals surface area contributed by atoms with Crippen LogP contribution in [0, 0.1) is 0 Å². The van der Waals surface area contributed by atoms with Crippen LogP contribution in [0.5, 0.6) is 0 Å². The number of hydrogen-bond donors (Lipinski definition) is 1. The summed E-state index contributed by atoms with van der Waals surface area (Å²) in [4.78, 5) is 16.8. The third-order valence-electron chi connectivity index (χ3n) is 5.61. The molecule has 7 nitrogen and oxygen atoms in total.